The molecule has 0 radical (unpaired) electrons. The first-order valence-electron chi connectivity index (χ1n) is 6.51. The Morgan fingerprint density at radius 1 is 1.24 bits per heavy atom. The molecule has 0 fully saturated rings. The summed E-state index contributed by atoms with van der Waals surface area (Å²) in [7, 11) is 1.93. The Bertz CT molecular complexity index is 658. The maximum absolute atomic E-state index is 13.3. The molecule has 0 amide bonds. The fraction of sp³-hybridized carbons (Fsp3) is 0.188. The van der Waals surface area contributed by atoms with Crippen LogP contribution in [0.2, 0.25) is 5.02 Å². The molecular formula is C16H17ClFN3. The van der Waals surface area contributed by atoms with Gasteiger partial charge in [-0.3, -0.25) is 10.3 Å². The molecule has 0 bridgehead atoms. The van der Waals surface area contributed by atoms with Gasteiger partial charge in [0.05, 0.1) is 0 Å². The first-order valence-corrected chi connectivity index (χ1v) is 6.89. The highest BCUT2D eigenvalue weighted by molar-refractivity contribution is 6.31. The Morgan fingerprint density at radius 2 is 2.00 bits per heavy atom. The van der Waals surface area contributed by atoms with Gasteiger partial charge in [0.15, 0.2) is 0 Å². The molecule has 0 aliphatic rings. The Labute approximate surface area is 128 Å². The van der Waals surface area contributed by atoms with Crippen LogP contribution in [0.4, 0.5) is 4.39 Å². The van der Waals surface area contributed by atoms with Crippen molar-refractivity contribution >= 4 is 17.4 Å². The molecule has 2 aromatic rings. The van der Waals surface area contributed by atoms with E-state index in [0.717, 1.165) is 11.1 Å². The summed E-state index contributed by atoms with van der Waals surface area (Å²) >= 11 is 6.07. The van der Waals surface area contributed by atoms with Crippen LogP contribution in [0.5, 0.6) is 0 Å². The second kappa shape index (κ2) is 6.70. The molecule has 2 rings (SSSR count). The topological polar surface area (TPSA) is 53.1 Å². The first-order chi connectivity index (χ1) is 9.95. The van der Waals surface area contributed by atoms with Crippen LogP contribution in [-0.4, -0.2) is 17.8 Å². The molecule has 0 saturated carbocycles. The quantitative estimate of drug-likeness (QED) is 0.657. The van der Waals surface area contributed by atoms with Gasteiger partial charge in [0.2, 0.25) is 0 Å². The molecule has 0 aromatic heterocycles. The third kappa shape index (κ3) is 4.28. The molecule has 21 heavy (non-hydrogen) atoms. The molecule has 0 atom stereocenters. The average Bonchev–Trinajstić information content (AvgIpc) is 2.43. The van der Waals surface area contributed by atoms with Crippen molar-refractivity contribution in [3.05, 3.63) is 70.0 Å². The molecule has 2 aromatic carbocycles. The molecule has 0 spiro atoms. The number of hydrogen-bond donors (Lipinski definition) is 2. The summed E-state index contributed by atoms with van der Waals surface area (Å²) in [6, 6.07) is 11.9. The molecule has 5 heteroatoms. The molecule has 0 heterocycles. The van der Waals surface area contributed by atoms with Crippen molar-refractivity contribution in [2.45, 2.75) is 13.1 Å². The minimum atomic E-state index is -0.290. The number of amidine groups is 1. The van der Waals surface area contributed by atoms with Crippen molar-refractivity contribution in [2.75, 3.05) is 7.05 Å². The Morgan fingerprint density at radius 3 is 2.71 bits per heavy atom. The first kappa shape index (κ1) is 15.5. The summed E-state index contributed by atoms with van der Waals surface area (Å²) in [6.45, 7) is 1.20. The zero-order valence-electron chi connectivity index (χ0n) is 11.7. The number of halogens is 2. The highest BCUT2D eigenvalue weighted by atomic mass is 35.5. The van der Waals surface area contributed by atoms with Crippen LogP contribution >= 0.6 is 11.6 Å². The van der Waals surface area contributed by atoms with E-state index in [1.807, 2.05) is 30.1 Å². The molecule has 110 valence electrons. The number of nitrogen functional groups attached to an aromatic ring is 1. The van der Waals surface area contributed by atoms with Crippen molar-refractivity contribution in [3.8, 4) is 0 Å². The average molecular weight is 306 g/mol. The van der Waals surface area contributed by atoms with Crippen LogP contribution in [-0.2, 0) is 13.1 Å². The number of nitrogens with one attached hydrogen (secondary N) is 1. The maximum Gasteiger partial charge on any atom is 0.123 e. The lowest BCUT2D eigenvalue weighted by Crippen LogP contribution is -2.18. The van der Waals surface area contributed by atoms with Gasteiger partial charge in [-0.15, -0.1) is 0 Å². The number of nitrogens with zero attached hydrogens (tertiary/aromatic N) is 1. The van der Waals surface area contributed by atoms with Crippen LogP contribution < -0.4 is 5.73 Å². The van der Waals surface area contributed by atoms with Crippen molar-refractivity contribution in [1.29, 1.82) is 5.41 Å². The summed E-state index contributed by atoms with van der Waals surface area (Å²) in [6.07, 6.45) is 0. The van der Waals surface area contributed by atoms with E-state index >= 15 is 0 Å². The van der Waals surface area contributed by atoms with E-state index in [-0.39, 0.29) is 11.7 Å². The van der Waals surface area contributed by atoms with Gasteiger partial charge in [-0.2, -0.15) is 0 Å². The van der Waals surface area contributed by atoms with E-state index in [4.69, 9.17) is 22.7 Å². The lowest BCUT2D eigenvalue weighted by molar-refractivity contribution is 0.318. The van der Waals surface area contributed by atoms with Gasteiger partial charge in [-0.05, 0) is 42.4 Å². The molecule has 0 unspecified atom stereocenters. The van der Waals surface area contributed by atoms with Gasteiger partial charge in [0.1, 0.15) is 11.7 Å². The number of nitrogens with two attached hydrogens (primary N) is 1. The SMILES string of the molecule is CN(Cc1cccc(C(=N)N)c1)Cc1cc(F)ccc1Cl. The largest absolute Gasteiger partial charge is 0.384 e. The number of hydrogen-bond acceptors (Lipinski definition) is 2. The van der Waals surface area contributed by atoms with Gasteiger partial charge in [0, 0.05) is 23.7 Å². The third-order valence-electron chi connectivity index (χ3n) is 3.14. The predicted molar refractivity (Wildman–Crippen MR) is 84.0 cm³/mol. The minimum absolute atomic E-state index is 0.0488. The normalized spacial score (nSPS) is 10.9. The third-order valence-corrected chi connectivity index (χ3v) is 3.51. The number of benzene rings is 2. The van der Waals surface area contributed by atoms with Crippen molar-refractivity contribution in [1.82, 2.24) is 4.90 Å². The van der Waals surface area contributed by atoms with Crippen LogP contribution in [0.15, 0.2) is 42.5 Å². The van der Waals surface area contributed by atoms with E-state index in [2.05, 4.69) is 0 Å². The van der Waals surface area contributed by atoms with Crippen molar-refractivity contribution < 1.29 is 4.39 Å². The van der Waals surface area contributed by atoms with Gasteiger partial charge < -0.3 is 5.73 Å². The van der Waals surface area contributed by atoms with E-state index < -0.39 is 0 Å². The Balaban J connectivity index is 2.08. The van der Waals surface area contributed by atoms with Gasteiger partial charge in [-0.1, -0.05) is 29.8 Å². The van der Waals surface area contributed by atoms with E-state index in [9.17, 15) is 4.39 Å². The molecule has 3 nitrogen and oxygen atoms in total. The zero-order chi connectivity index (χ0) is 15.4. The lowest BCUT2D eigenvalue weighted by Gasteiger charge is -2.18. The molecule has 0 aliphatic carbocycles. The van der Waals surface area contributed by atoms with Crippen LogP contribution in [0.3, 0.4) is 0 Å². The number of rotatable bonds is 5. The zero-order valence-corrected chi connectivity index (χ0v) is 12.5. The van der Waals surface area contributed by atoms with E-state index in [0.29, 0.717) is 23.7 Å². The van der Waals surface area contributed by atoms with Crippen LogP contribution in [0, 0.1) is 11.2 Å². The molecule has 0 saturated heterocycles. The predicted octanol–water partition coefficient (Wildman–Crippen LogP) is 3.40. The highest BCUT2D eigenvalue weighted by Crippen LogP contribution is 2.19. The Hall–Kier alpha value is -1.91. The van der Waals surface area contributed by atoms with Crippen molar-refractivity contribution in [2.24, 2.45) is 5.73 Å². The van der Waals surface area contributed by atoms with Crippen LogP contribution in [0.1, 0.15) is 16.7 Å². The van der Waals surface area contributed by atoms with Crippen molar-refractivity contribution in [3.63, 3.8) is 0 Å². The molecule has 3 N–H and O–H groups in total. The Kier molecular flexibility index (Phi) is 4.94. The minimum Gasteiger partial charge on any atom is -0.384 e. The second-order valence-corrected chi connectivity index (χ2v) is 5.43. The molecular weight excluding hydrogens is 289 g/mol. The lowest BCUT2D eigenvalue weighted by atomic mass is 10.1. The second-order valence-electron chi connectivity index (χ2n) is 5.02. The van der Waals surface area contributed by atoms with Gasteiger partial charge in [-0.25, -0.2) is 4.39 Å². The summed E-state index contributed by atoms with van der Waals surface area (Å²) < 4.78 is 13.3. The molecule has 0 aliphatic heterocycles. The van der Waals surface area contributed by atoms with E-state index in [1.54, 1.807) is 12.1 Å². The summed E-state index contributed by atoms with van der Waals surface area (Å²) in [5, 5.41) is 8.01. The van der Waals surface area contributed by atoms with Gasteiger partial charge >= 0.3 is 0 Å². The fourth-order valence-corrected chi connectivity index (χ4v) is 2.34. The summed E-state index contributed by atoms with van der Waals surface area (Å²) in [5.41, 5.74) is 7.97. The maximum atomic E-state index is 13.3. The van der Waals surface area contributed by atoms with E-state index in [1.165, 1.54) is 12.1 Å². The standard InChI is InChI=1S/C16H17ClFN3/c1-21(10-13-8-14(18)5-6-15(13)17)9-11-3-2-4-12(7-11)16(19)20/h2-8H,9-10H2,1H3,(H3,19,20). The summed E-state index contributed by atoms with van der Waals surface area (Å²) in [4.78, 5) is 2.03. The van der Waals surface area contributed by atoms with Crippen LogP contribution in [0.25, 0.3) is 0 Å². The summed E-state index contributed by atoms with van der Waals surface area (Å²) in [5.74, 6) is -0.242. The highest BCUT2D eigenvalue weighted by Gasteiger charge is 2.07. The van der Waals surface area contributed by atoms with Gasteiger partial charge in [0.25, 0.3) is 0 Å². The monoisotopic (exact) mass is 305 g/mol. The smallest absolute Gasteiger partial charge is 0.123 e. The fourth-order valence-electron chi connectivity index (χ4n) is 2.16.